The number of carbonyl (C=O) groups is 1. The number of hydrogen-bond donors (Lipinski definition) is 1. The second kappa shape index (κ2) is 9.30. The Morgan fingerprint density at radius 1 is 1.20 bits per heavy atom. The maximum Gasteiger partial charge on any atom is 0.230 e. The van der Waals surface area contributed by atoms with Gasteiger partial charge < -0.3 is 10.1 Å². The standard InChI is InChI=1S/C22H23FN4O2S/c1-29-19-9-5-2-6-15(19)12-13-24-20(28)14-30-22-26-25-21(27(22)16-10-11-16)17-7-3-4-8-18(17)23/h2-9,16H,10-14H2,1H3,(H,24,28). The maximum absolute atomic E-state index is 14.2. The topological polar surface area (TPSA) is 69.0 Å². The van der Waals surface area contributed by atoms with E-state index >= 15 is 0 Å². The van der Waals surface area contributed by atoms with Gasteiger partial charge in [-0.05, 0) is 43.0 Å². The van der Waals surface area contributed by atoms with E-state index in [0.717, 1.165) is 24.2 Å². The average Bonchev–Trinajstić information content (AvgIpc) is 3.52. The Balaban J connectivity index is 1.36. The number of thioether (sulfide) groups is 1. The third-order valence-corrected chi connectivity index (χ3v) is 5.88. The van der Waals surface area contributed by atoms with Gasteiger partial charge in [0.15, 0.2) is 11.0 Å². The lowest BCUT2D eigenvalue weighted by molar-refractivity contribution is -0.118. The molecule has 6 nitrogen and oxygen atoms in total. The predicted octanol–water partition coefficient (Wildman–Crippen LogP) is 3.88. The summed E-state index contributed by atoms with van der Waals surface area (Å²) in [6.45, 7) is 0.523. The lowest BCUT2D eigenvalue weighted by atomic mass is 10.1. The van der Waals surface area contributed by atoms with Gasteiger partial charge in [-0.25, -0.2) is 4.39 Å². The van der Waals surface area contributed by atoms with Crippen molar-refractivity contribution in [1.29, 1.82) is 0 Å². The van der Waals surface area contributed by atoms with Gasteiger partial charge >= 0.3 is 0 Å². The normalized spacial score (nSPS) is 13.3. The molecule has 2 aromatic carbocycles. The molecule has 156 valence electrons. The summed E-state index contributed by atoms with van der Waals surface area (Å²) in [5.74, 6) is 1.17. The molecular formula is C22H23FN4O2S. The Morgan fingerprint density at radius 2 is 1.97 bits per heavy atom. The highest BCUT2D eigenvalue weighted by atomic mass is 32.2. The summed E-state index contributed by atoms with van der Waals surface area (Å²) in [6, 6.07) is 14.6. The fraction of sp³-hybridized carbons (Fsp3) is 0.318. The Morgan fingerprint density at radius 3 is 2.73 bits per heavy atom. The van der Waals surface area contributed by atoms with Crippen LogP contribution in [0.5, 0.6) is 5.75 Å². The van der Waals surface area contributed by atoms with Gasteiger partial charge in [0.05, 0.1) is 18.4 Å². The van der Waals surface area contributed by atoms with Crippen molar-refractivity contribution < 1.29 is 13.9 Å². The largest absolute Gasteiger partial charge is 0.496 e. The number of amides is 1. The third-order valence-electron chi connectivity index (χ3n) is 4.93. The summed E-state index contributed by atoms with van der Waals surface area (Å²) >= 11 is 1.33. The fourth-order valence-electron chi connectivity index (χ4n) is 3.29. The number of para-hydroxylation sites is 1. The van der Waals surface area contributed by atoms with Gasteiger partial charge in [0.25, 0.3) is 0 Å². The zero-order valence-electron chi connectivity index (χ0n) is 16.7. The van der Waals surface area contributed by atoms with E-state index in [2.05, 4.69) is 15.5 Å². The lowest BCUT2D eigenvalue weighted by Crippen LogP contribution is -2.27. The molecule has 0 aliphatic heterocycles. The first-order valence-electron chi connectivity index (χ1n) is 9.88. The number of benzene rings is 2. The van der Waals surface area contributed by atoms with E-state index in [-0.39, 0.29) is 23.5 Å². The molecule has 1 heterocycles. The Labute approximate surface area is 178 Å². The number of methoxy groups -OCH3 is 1. The van der Waals surface area contributed by atoms with Gasteiger partial charge in [-0.2, -0.15) is 0 Å². The first-order valence-corrected chi connectivity index (χ1v) is 10.9. The van der Waals surface area contributed by atoms with Crippen LogP contribution in [0.15, 0.2) is 53.7 Å². The Hall–Kier alpha value is -2.87. The molecule has 1 amide bonds. The van der Waals surface area contributed by atoms with Crippen LogP contribution >= 0.6 is 11.8 Å². The highest BCUT2D eigenvalue weighted by molar-refractivity contribution is 7.99. The molecule has 4 rings (SSSR count). The first-order chi connectivity index (χ1) is 14.7. The molecule has 3 aromatic rings. The smallest absolute Gasteiger partial charge is 0.230 e. The summed E-state index contributed by atoms with van der Waals surface area (Å²) < 4.78 is 21.5. The van der Waals surface area contributed by atoms with Crippen LogP contribution in [0.3, 0.4) is 0 Å². The molecule has 8 heteroatoms. The quantitative estimate of drug-likeness (QED) is 0.526. The highest BCUT2D eigenvalue weighted by Crippen LogP contribution is 2.41. The molecule has 30 heavy (non-hydrogen) atoms. The van der Waals surface area contributed by atoms with E-state index in [9.17, 15) is 9.18 Å². The van der Waals surface area contributed by atoms with Crippen molar-refractivity contribution in [2.45, 2.75) is 30.5 Å². The van der Waals surface area contributed by atoms with Crippen LogP contribution in [-0.4, -0.2) is 40.1 Å². The zero-order chi connectivity index (χ0) is 20.9. The fourth-order valence-corrected chi connectivity index (χ4v) is 4.13. The van der Waals surface area contributed by atoms with E-state index in [1.54, 1.807) is 25.3 Å². The van der Waals surface area contributed by atoms with Crippen molar-refractivity contribution in [1.82, 2.24) is 20.1 Å². The van der Waals surface area contributed by atoms with Crippen LogP contribution < -0.4 is 10.1 Å². The van der Waals surface area contributed by atoms with Crippen molar-refractivity contribution >= 4 is 17.7 Å². The van der Waals surface area contributed by atoms with Crippen LogP contribution in [0.4, 0.5) is 4.39 Å². The van der Waals surface area contributed by atoms with Crippen molar-refractivity contribution in [2.24, 2.45) is 0 Å². The second-order valence-electron chi connectivity index (χ2n) is 7.09. The summed E-state index contributed by atoms with van der Waals surface area (Å²) in [5.41, 5.74) is 1.49. The summed E-state index contributed by atoms with van der Waals surface area (Å²) in [4.78, 5) is 12.3. The molecule has 1 aromatic heterocycles. The molecule has 1 aliphatic rings. The lowest BCUT2D eigenvalue weighted by Gasteiger charge is -2.10. The average molecular weight is 427 g/mol. The van der Waals surface area contributed by atoms with E-state index in [1.165, 1.54) is 17.8 Å². The van der Waals surface area contributed by atoms with Crippen molar-refractivity contribution in [3.63, 3.8) is 0 Å². The zero-order valence-corrected chi connectivity index (χ0v) is 17.5. The van der Waals surface area contributed by atoms with Crippen LogP contribution in [0.25, 0.3) is 11.4 Å². The van der Waals surface area contributed by atoms with Gasteiger partial charge in [0.1, 0.15) is 11.6 Å². The Bertz CT molecular complexity index is 1040. The monoisotopic (exact) mass is 426 g/mol. The number of halogens is 1. The van der Waals surface area contributed by atoms with Gasteiger partial charge in [-0.1, -0.05) is 42.1 Å². The molecule has 1 N–H and O–H groups in total. The van der Waals surface area contributed by atoms with Crippen molar-refractivity contribution in [2.75, 3.05) is 19.4 Å². The molecule has 0 unspecified atom stereocenters. The molecule has 0 bridgehead atoms. The number of ether oxygens (including phenoxy) is 1. The van der Waals surface area contributed by atoms with E-state index < -0.39 is 0 Å². The van der Waals surface area contributed by atoms with Gasteiger partial charge in [0, 0.05) is 12.6 Å². The molecular weight excluding hydrogens is 403 g/mol. The predicted molar refractivity (Wildman–Crippen MR) is 114 cm³/mol. The van der Waals surface area contributed by atoms with Crippen LogP contribution in [-0.2, 0) is 11.2 Å². The van der Waals surface area contributed by atoms with Crippen LogP contribution in [0.1, 0.15) is 24.4 Å². The van der Waals surface area contributed by atoms with Gasteiger partial charge in [0.2, 0.25) is 5.91 Å². The molecule has 0 radical (unpaired) electrons. The minimum absolute atomic E-state index is 0.0762. The SMILES string of the molecule is COc1ccccc1CCNC(=O)CSc1nnc(-c2ccccc2F)n1C1CC1. The van der Waals surface area contributed by atoms with Gasteiger partial charge in [-0.3, -0.25) is 9.36 Å². The van der Waals surface area contributed by atoms with E-state index in [1.807, 2.05) is 28.8 Å². The number of nitrogens with one attached hydrogen (secondary N) is 1. The van der Waals surface area contributed by atoms with E-state index in [4.69, 9.17) is 4.74 Å². The minimum Gasteiger partial charge on any atom is -0.496 e. The minimum atomic E-state index is -0.322. The summed E-state index contributed by atoms with van der Waals surface area (Å²) in [6.07, 6.45) is 2.71. The van der Waals surface area contributed by atoms with Crippen molar-refractivity contribution in [3.05, 3.63) is 59.9 Å². The van der Waals surface area contributed by atoms with Crippen LogP contribution in [0, 0.1) is 5.82 Å². The summed E-state index contributed by atoms with van der Waals surface area (Å²) in [5, 5.41) is 12.0. The second-order valence-corrected chi connectivity index (χ2v) is 8.03. The Kier molecular flexibility index (Phi) is 6.32. The number of hydrogen-bond acceptors (Lipinski definition) is 5. The molecule has 1 aliphatic carbocycles. The molecule has 0 spiro atoms. The highest BCUT2D eigenvalue weighted by Gasteiger charge is 2.31. The summed E-state index contributed by atoms with van der Waals surface area (Å²) in [7, 11) is 1.64. The number of nitrogens with zero attached hydrogens (tertiary/aromatic N) is 3. The van der Waals surface area contributed by atoms with Gasteiger partial charge in [-0.15, -0.1) is 10.2 Å². The maximum atomic E-state index is 14.2. The molecule has 0 atom stereocenters. The van der Waals surface area contributed by atoms with E-state index in [0.29, 0.717) is 29.5 Å². The number of carbonyl (C=O) groups excluding carboxylic acids is 1. The number of aromatic nitrogens is 3. The molecule has 1 saturated carbocycles. The molecule has 0 saturated heterocycles. The number of rotatable bonds is 9. The molecule has 1 fully saturated rings. The third kappa shape index (κ3) is 4.64. The first kappa shape index (κ1) is 20.4. The van der Waals surface area contributed by atoms with Crippen LogP contribution in [0.2, 0.25) is 0 Å². The van der Waals surface area contributed by atoms with Crippen molar-refractivity contribution in [3.8, 4) is 17.1 Å².